The first-order valence-electron chi connectivity index (χ1n) is 11.0. The number of benzene rings is 2. The van der Waals surface area contributed by atoms with E-state index in [0.717, 1.165) is 16.9 Å². The number of nitrogens with one attached hydrogen (secondary N) is 2. The highest BCUT2D eigenvalue weighted by Gasteiger charge is 2.18. The molecule has 2 heterocycles. The molecule has 2 N–H and O–H groups in total. The van der Waals surface area contributed by atoms with Crippen LogP contribution >= 0.6 is 11.6 Å². The molecule has 180 valence electrons. The second kappa shape index (κ2) is 10.9. The van der Waals surface area contributed by atoms with Crippen LogP contribution < -0.4 is 20.1 Å². The van der Waals surface area contributed by atoms with Crippen molar-refractivity contribution in [1.82, 2.24) is 14.7 Å². The molecular weight excluding hydrogens is 468 g/mol. The van der Waals surface area contributed by atoms with Crippen LogP contribution in [0.2, 0.25) is 5.02 Å². The minimum atomic E-state index is -0.492. The van der Waals surface area contributed by atoms with E-state index in [4.69, 9.17) is 21.1 Å². The van der Waals surface area contributed by atoms with E-state index in [0.29, 0.717) is 22.2 Å². The van der Waals surface area contributed by atoms with E-state index in [-0.39, 0.29) is 24.8 Å². The number of aromatic nitrogens is 2. The van der Waals surface area contributed by atoms with Gasteiger partial charge in [0.2, 0.25) is 11.8 Å². The molecule has 0 bridgehead atoms. The SMILES string of the molecule is COc1ccc(NC(=O)CC(NC(C)=O)c2ccc(Cl)cc2)cc1OCc1cn2ccccc2n1. The zero-order valence-corrected chi connectivity index (χ0v) is 20.1. The fourth-order valence-corrected chi connectivity index (χ4v) is 3.79. The first-order valence-corrected chi connectivity index (χ1v) is 11.3. The zero-order chi connectivity index (χ0) is 24.8. The lowest BCUT2D eigenvalue weighted by molar-refractivity contribution is -0.120. The van der Waals surface area contributed by atoms with E-state index >= 15 is 0 Å². The number of amides is 2. The van der Waals surface area contributed by atoms with E-state index in [1.165, 1.54) is 6.92 Å². The summed E-state index contributed by atoms with van der Waals surface area (Å²) in [5.41, 5.74) is 2.91. The number of nitrogens with zero attached hydrogens (tertiary/aromatic N) is 2. The zero-order valence-electron chi connectivity index (χ0n) is 19.3. The second-order valence-corrected chi connectivity index (χ2v) is 8.35. The van der Waals surface area contributed by atoms with Crippen LogP contribution in [0, 0.1) is 0 Å². The number of anilines is 1. The summed E-state index contributed by atoms with van der Waals surface area (Å²) in [4.78, 5) is 29.0. The topological polar surface area (TPSA) is 94.0 Å². The Morgan fingerprint density at radius 3 is 2.60 bits per heavy atom. The number of methoxy groups -OCH3 is 1. The molecule has 0 saturated carbocycles. The Morgan fingerprint density at radius 1 is 1.09 bits per heavy atom. The molecule has 4 aromatic rings. The maximum Gasteiger partial charge on any atom is 0.226 e. The molecule has 35 heavy (non-hydrogen) atoms. The number of pyridine rings is 1. The maximum atomic E-state index is 12.8. The standard InChI is InChI=1S/C26H25ClN4O4/c1-17(32)28-22(18-6-8-19(27)9-7-18)14-26(33)30-20-10-11-23(34-2)24(13-20)35-16-21-15-31-12-4-3-5-25(31)29-21/h3-13,15,22H,14,16H2,1-2H3,(H,28,32)(H,30,33). The highest BCUT2D eigenvalue weighted by molar-refractivity contribution is 6.30. The summed E-state index contributed by atoms with van der Waals surface area (Å²) in [6.07, 6.45) is 3.86. The molecule has 0 radical (unpaired) electrons. The molecule has 0 aliphatic carbocycles. The van der Waals surface area contributed by atoms with Crippen LogP contribution in [-0.4, -0.2) is 28.3 Å². The average molecular weight is 493 g/mol. The third kappa shape index (κ3) is 6.30. The minimum Gasteiger partial charge on any atom is -0.493 e. The van der Waals surface area contributed by atoms with Gasteiger partial charge in [0.05, 0.1) is 25.3 Å². The molecule has 2 aromatic heterocycles. The van der Waals surface area contributed by atoms with Gasteiger partial charge in [-0.15, -0.1) is 0 Å². The molecule has 4 rings (SSSR count). The van der Waals surface area contributed by atoms with Gasteiger partial charge in [0, 0.05) is 36.1 Å². The first kappa shape index (κ1) is 24.1. The molecule has 2 amide bonds. The molecule has 1 atom stereocenters. The van der Waals surface area contributed by atoms with E-state index in [1.807, 2.05) is 35.0 Å². The van der Waals surface area contributed by atoms with Crippen molar-refractivity contribution in [2.45, 2.75) is 26.0 Å². The van der Waals surface area contributed by atoms with E-state index in [9.17, 15) is 9.59 Å². The number of fused-ring (bicyclic) bond motifs is 1. The monoisotopic (exact) mass is 492 g/mol. The predicted octanol–water partition coefficient (Wildman–Crippen LogP) is 4.78. The van der Waals surface area contributed by atoms with E-state index in [2.05, 4.69) is 15.6 Å². The van der Waals surface area contributed by atoms with Gasteiger partial charge in [0.25, 0.3) is 0 Å². The molecule has 0 aliphatic rings. The maximum absolute atomic E-state index is 12.8. The Hall–Kier alpha value is -4.04. The van der Waals surface area contributed by atoms with Gasteiger partial charge in [0.15, 0.2) is 11.5 Å². The highest BCUT2D eigenvalue weighted by atomic mass is 35.5. The van der Waals surface area contributed by atoms with Crippen molar-refractivity contribution < 1.29 is 19.1 Å². The van der Waals surface area contributed by atoms with Crippen LogP contribution in [-0.2, 0) is 16.2 Å². The molecule has 1 unspecified atom stereocenters. The van der Waals surface area contributed by atoms with Crippen LogP contribution in [0.25, 0.3) is 5.65 Å². The fourth-order valence-electron chi connectivity index (χ4n) is 3.67. The smallest absolute Gasteiger partial charge is 0.226 e. The third-order valence-corrected chi connectivity index (χ3v) is 5.53. The number of carbonyl (C=O) groups excluding carboxylic acids is 2. The van der Waals surface area contributed by atoms with Gasteiger partial charge >= 0.3 is 0 Å². The van der Waals surface area contributed by atoms with Crippen LogP contribution in [0.15, 0.2) is 73.1 Å². The Kier molecular flexibility index (Phi) is 7.52. The lowest BCUT2D eigenvalue weighted by Gasteiger charge is -2.18. The lowest BCUT2D eigenvalue weighted by atomic mass is 10.0. The van der Waals surface area contributed by atoms with Gasteiger partial charge in [-0.25, -0.2) is 4.98 Å². The summed E-state index contributed by atoms with van der Waals surface area (Å²) in [6.45, 7) is 1.65. The van der Waals surface area contributed by atoms with E-state index in [1.54, 1.807) is 49.6 Å². The Morgan fingerprint density at radius 2 is 1.89 bits per heavy atom. The largest absolute Gasteiger partial charge is 0.493 e. The Labute approximate surface area is 207 Å². The van der Waals surface area contributed by atoms with Crippen molar-refractivity contribution in [1.29, 1.82) is 0 Å². The third-order valence-electron chi connectivity index (χ3n) is 5.28. The summed E-state index contributed by atoms with van der Waals surface area (Å²) in [5, 5.41) is 6.26. The lowest BCUT2D eigenvalue weighted by Crippen LogP contribution is -2.29. The number of halogens is 1. The fraction of sp³-hybridized carbons (Fsp3) is 0.192. The van der Waals surface area contributed by atoms with E-state index < -0.39 is 6.04 Å². The molecular formula is C26H25ClN4O4. The summed E-state index contributed by atoms with van der Waals surface area (Å²) in [7, 11) is 1.55. The number of imidazole rings is 1. The van der Waals surface area contributed by atoms with Gasteiger partial charge in [-0.1, -0.05) is 29.8 Å². The number of hydrogen-bond acceptors (Lipinski definition) is 5. The average Bonchev–Trinajstić information content (AvgIpc) is 3.26. The van der Waals surface area contributed by atoms with Crippen LogP contribution in [0.1, 0.15) is 30.6 Å². The summed E-state index contributed by atoms with van der Waals surface area (Å²) < 4.78 is 13.3. The molecule has 0 saturated heterocycles. The van der Waals surface area contributed by atoms with Crippen LogP contribution in [0.5, 0.6) is 11.5 Å². The summed E-state index contributed by atoms with van der Waals surface area (Å²) in [6, 6.07) is 17.4. The molecule has 0 fully saturated rings. The van der Waals surface area contributed by atoms with Crippen molar-refractivity contribution in [2.24, 2.45) is 0 Å². The molecule has 2 aromatic carbocycles. The minimum absolute atomic E-state index is 0.0463. The van der Waals surface area contributed by atoms with Crippen LogP contribution in [0.4, 0.5) is 5.69 Å². The number of hydrogen-bond donors (Lipinski definition) is 2. The Bertz CT molecular complexity index is 1300. The van der Waals surface area contributed by atoms with Crippen molar-refractivity contribution >= 4 is 34.7 Å². The van der Waals surface area contributed by atoms with Crippen molar-refractivity contribution in [3.05, 3.63) is 89.3 Å². The summed E-state index contributed by atoms with van der Waals surface area (Å²) in [5.74, 6) is 0.502. The predicted molar refractivity (Wildman–Crippen MR) is 134 cm³/mol. The number of rotatable bonds is 9. The van der Waals surface area contributed by atoms with Gasteiger partial charge in [-0.05, 0) is 42.0 Å². The molecule has 0 aliphatic heterocycles. The molecule has 0 spiro atoms. The first-order chi connectivity index (χ1) is 16.9. The normalized spacial score (nSPS) is 11.6. The summed E-state index contributed by atoms with van der Waals surface area (Å²) >= 11 is 5.97. The van der Waals surface area contributed by atoms with Crippen molar-refractivity contribution in [3.63, 3.8) is 0 Å². The highest BCUT2D eigenvalue weighted by Crippen LogP contribution is 2.31. The van der Waals surface area contributed by atoms with Gasteiger partial charge in [-0.3, -0.25) is 9.59 Å². The van der Waals surface area contributed by atoms with Gasteiger partial charge in [-0.2, -0.15) is 0 Å². The van der Waals surface area contributed by atoms with Crippen molar-refractivity contribution in [2.75, 3.05) is 12.4 Å². The quantitative estimate of drug-likeness (QED) is 0.350. The molecule has 8 nitrogen and oxygen atoms in total. The molecule has 9 heteroatoms. The van der Waals surface area contributed by atoms with Gasteiger partial charge < -0.3 is 24.5 Å². The number of ether oxygens (including phenoxy) is 2. The van der Waals surface area contributed by atoms with Gasteiger partial charge in [0.1, 0.15) is 12.3 Å². The Balaban J connectivity index is 1.45. The van der Waals surface area contributed by atoms with Crippen molar-refractivity contribution in [3.8, 4) is 11.5 Å². The van der Waals surface area contributed by atoms with Crippen LogP contribution in [0.3, 0.4) is 0 Å². The second-order valence-electron chi connectivity index (χ2n) is 7.91. The number of carbonyl (C=O) groups is 2.